The number of Topliss-reactive ketones (excluding diaryl/α,β-unsaturated/α-hetero) is 1. The van der Waals surface area contributed by atoms with Gasteiger partial charge in [-0.2, -0.15) is 0 Å². The summed E-state index contributed by atoms with van der Waals surface area (Å²) in [7, 11) is 1.54. The summed E-state index contributed by atoms with van der Waals surface area (Å²) in [6.45, 7) is 4.59. The fraction of sp³-hybridized carbons (Fsp3) is 0.360. The number of nitrogens with zero attached hydrogens (tertiary/aromatic N) is 1. The SMILES string of the molecule is CC(=O)c1cccc(NC2=NCC(N)CN2)c1.CCC(=O)NC(CC(=O)O)c1cccc(OC)c1. The standard InChI is InChI=1S/C13H17NO4.C12H16N4O/c1-3-12(15)14-11(8-13(16)17)9-5-4-6-10(7-9)18-2;1-8(17)9-3-2-4-11(5-9)16-12-14-6-10(13)7-15-12/h4-7,11H,3,8H2,1-2H3,(H,14,15)(H,16,17);2-5,10H,6-7,13H2,1H3,(H2,14,15,16). The largest absolute Gasteiger partial charge is 0.497 e. The minimum atomic E-state index is -0.959. The average Bonchev–Trinajstić information content (AvgIpc) is 2.85. The highest BCUT2D eigenvalue weighted by molar-refractivity contribution is 5.98. The number of ether oxygens (including phenoxy) is 1. The fourth-order valence-electron chi connectivity index (χ4n) is 3.17. The van der Waals surface area contributed by atoms with Crippen LogP contribution in [0.15, 0.2) is 53.5 Å². The van der Waals surface area contributed by atoms with E-state index in [9.17, 15) is 14.4 Å². The van der Waals surface area contributed by atoms with Crippen molar-refractivity contribution in [2.75, 3.05) is 25.5 Å². The summed E-state index contributed by atoms with van der Waals surface area (Å²) in [6.07, 6.45) is 0.166. The van der Waals surface area contributed by atoms with Gasteiger partial charge in [0.25, 0.3) is 0 Å². The molecule has 1 amide bonds. The second-order valence-electron chi connectivity index (χ2n) is 7.94. The van der Waals surface area contributed by atoms with Crippen molar-refractivity contribution < 1.29 is 24.2 Å². The lowest BCUT2D eigenvalue weighted by molar-refractivity contribution is -0.137. The Morgan fingerprint density at radius 1 is 1.23 bits per heavy atom. The normalized spacial score (nSPS) is 15.3. The summed E-state index contributed by atoms with van der Waals surface area (Å²) in [5.74, 6) is 0.249. The van der Waals surface area contributed by atoms with Crippen LogP contribution in [0.4, 0.5) is 5.69 Å². The van der Waals surface area contributed by atoms with Crippen molar-refractivity contribution in [3.05, 3.63) is 59.7 Å². The molecule has 10 nitrogen and oxygen atoms in total. The van der Waals surface area contributed by atoms with Gasteiger partial charge in [0.2, 0.25) is 5.91 Å². The number of nitrogens with two attached hydrogens (primary N) is 1. The van der Waals surface area contributed by atoms with Gasteiger partial charge < -0.3 is 31.5 Å². The molecular formula is C25H33N5O5. The molecule has 2 aromatic rings. The molecule has 2 aromatic carbocycles. The molecule has 2 atom stereocenters. The number of hydrogen-bond acceptors (Lipinski definition) is 8. The van der Waals surface area contributed by atoms with Crippen molar-refractivity contribution in [1.82, 2.24) is 10.6 Å². The summed E-state index contributed by atoms with van der Waals surface area (Å²) in [5.41, 5.74) is 7.96. The summed E-state index contributed by atoms with van der Waals surface area (Å²) < 4.78 is 5.08. The molecule has 0 radical (unpaired) electrons. The Balaban J connectivity index is 0.000000247. The number of carbonyl (C=O) groups is 3. The minimum absolute atomic E-state index is 0.0502. The Morgan fingerprint density at radius 2 is 1.97 bits per heavy atom. The van der Waals surface area contributed by atoms with Crippen LogP contribution in [0, 0.1) is 0 Å². The molecule has 0 aliphatic carbocycles. The number of guanidine groups is 1. The van der Waals surface area contributed by atoms with Gasteiger partial charge in [0.15, 0.2) is 11.7 Å². The van der Waals surface area contributed by atoms with E-state index >= 15 is 0 Å². The monoisotopic (exact) mass is 483 g/mol. The molecule has 10 heteroatoms. The van der Waals surface area contributed by atoms with E-state index in [0.29, 0.717) is 36.8 Å². The molecule has 6 N–H and O–H groups in total. The molecule has 1 heterocycles. The molecule has 3 rings (SSSR count). The molecular weight excluding hydrogens is 450 g/mol. The third-order valence-corrected chi connectivity index (χ3v) is 5.08. The van der Waals surface area contributed by atoms with Gasteiger partial charge in [0.05, 0.1) is 26.1 Å². The first-order valence-corrected chi connectivity index (χ1v) is 11.3. The molecule has 0 saturated carbocycles. The Hall–Kier alpha value is -3.92. The van der Waals surface area contributed by atoms with E-state index in [1.54, 1.807) is 50.2 Å². The Morgan fingerprint density at radius 3 is 2.57 bits per heavy atom. The summed E-state index contributed by atoms with van der Waals surface area (Å²) >= 11 is 0. The van der Waals surface area contributed by atoms with E-state index in [-0.39, 0.29) is 24.2 Å². The lowest BCUT2D eigenvalue weighted by Gasteiger charge is -2.20. The molecule has 1 aliphatic rings. The molecule has 35 heavy (non-hydrogen) atoms. The number of nitrogens with one attached hydrogen (secondary N) is 3. The molecule has 0 fully saturated rings. The van der Waals surface area contributed by atoms with Crippen LogP contribution in [-0.4, -0.2) is 55.0 Å². The number of amides is 1. The topological polar surface area (TPSA) is 155 Å². The van der Waals surface area contributed by atoms with Gasteiger partial charge in [0.1, 0.15) is 5.75 Å². The third kappa shape index (κ3) is 9.46. The maximum atomic E-state index is 11.4. The second-order valence-corrected chi connectivity index (χ2v) is 7.94. The number of aliphatic carboxylic acids is 1. The first-order valence-electron chi connectivity index (χ1n) is 11.3. The van der Waals surface area contributed by atoms with Crippen molar-refractivity contribution in [1.29, 1.82) is 0 Å². The number of ketones is 1. The van der Waals surface area contributed by atoms with Crippen molar-refractivity contribution in [3.63, 3.8) is 0 Å². The van der Waals surface area contributed by atoms with Gasteiger partial charge in [-0.1, -0.05) is 31.2 Å². The number of hydrogen-bond donors (Lipinski definition) is 5. The smallest absolute Gasteiger partial charge is 0.305 e. The predicted octanol–water partition coefficient (Wildman–Crippen LogP) is 2.32. The quantitative estimate of drug-likeness (QED) is 0.358. The molecule has 0 bridgehead atoms. The van der Waals surface area contributed by atoms with Crippen LogP contribution in [0.5, 0.6) is 5.75 Å². The zero-order valence-electron chi connectivity index (χ0n) is 20.2. The minimum Gasteiger partial charge on any atom is -0.497 e. The van der Waals surface area contributed by atoms with Crippen LogP contribution in [0.1, 0.15) is 48.7 Å². The first-order chi connectivity index (χ1) is 16.7. The number of carbonyl (C=O) groups excluding carboxylic acids is 2. The maximum Gasteiger partial charge on any atom is 0.305 e. The lowest BCUT2D eigenvalue weighted by Crippen LogP contribution is -2.46. The first kappa shape index (κ1) is 27.3. The lowest BCUT2D eigenvalue weighted by atomic mass is 10.0. The number of carboxylic acids is 1. The average molecular weight is 484 g/mol. The molecule has 188 valence electrons. The van der Waals surface area contributed by atoms with E-state index < -0.39 is 12.0 Å². The summed E-state index contributed by atoms with van der Waals surface area (Å²) in [5, 5.41) is 17.8. The van der Waals surface area contributed by atoms with Crippen LogP contribution in [0.25, 0.3) is 0 Å². The fourth-order valence-corrected chi connectivity index (χ4v) is 3.17. The number of rotatable bonds is 8. The van der Waals surface area contributed by atoms with Gasteiger partial charge in [0, 0.05) is 30.3 Å². The Labute approximate surface area is 205 Å². The van der Waals surface area contributed by atoms with Gasteiger partial charge in [-0.15, -0.1) is 0 Å². The van der Waals surface area contributed by atoms with E-state index in [1.165, 1.54) is 7.11 Å². The second kappa shape index (κ2) is 13.7. The third-order valence-electron chi connectivity index (χ3n) is 5.08. The van der Waals surface area contributed by atoms with Gasteiger partial charge in [-0.25, -0.2) is 0 Å². The Bertz CT molecular complexity index is 1060. The number of carboxylic acid groups (broad SMARTS) is 1. The molecule has 0 aromatic heterocycles. The van der Waals surface area contributed by atoms with E-state index in [1.807, 2.05) is 12.1 Å². The van der Waals surface area contributed by atoms with Gasteiger partial charge >= 0.3 is 5.97 Å². The molecule has 0 spiro atoms. The zero-order valence-corrected chi connectivity index (χ0v) is 20.2. The van der Waals surface area contributed by atoms with Gasteiger partial charge in [-0.05, 0) is 36.8 Å². The number of aliphatic imine (C=N–C) groups is 1. The number of anilines is 1. The van der Waals surface area contributed by atoms with Crippen LogP contribution < -0.4 is 26.4 Å². The van der Waals surface area contributed by atoms with Crippen molar-refractivity contribution in [2.45, 2.75) is 38.8 Å². The van der Waals surface area contributed by atoms with Crippen molar-refractivity contribution >= 4 is 29.3 Å². The highest BCUT2D eigenvalue weighted by Crippen LogP contribution is 2.22. The maximum absolute atomic E-state index is 11.4. The van der Waals surface area contributed by atoms with Crippen LogP contribution in [0.2, 0.25) is 0 Å². The van der Waals surface area contributed by atoms with Gasteiger partial charge in [-0.3, -0.25) is 19.4 Å². The van der Waals surface area contributed by atoms with Crippen LogP contribution in [0.3, 0.4) is 0 Å². The van der Waals surface area contributed by atoms with Crippen molar-refractivity contribution in [2.24, 2.45) is 10.7 Å². The highest BCUT2D eigenvalue weighted by atomic mass is 16.5. The number of methoxy groups -OCH3 is 1. The predicted molar refractivity (Wildman–Crippen MR) is 135 cm³/mol. The summed E-state index contributed by atoms with van der Waals surface area (Å²) in [6, 6.07) is 13.9. The van der Waals surface area contributed by atoms with Crippen LogP contribution in [-0.2, 0) is 9.59 Å². The van der Waals surface area contributed by atoms with Crippen molar-refractivity contribution in [3.8, 4) is 5.75 Å². The van der Waals surface area contributed by atoms with E-state index in [2.05, 4.69) is 20.9 Å². The van der Waals surface area contributed by atoms with Crippen LogP contribution >= 0.6 is 0 Å². The Kier molecular flexibility index (Phi) is 10.7. The molecule has 2 unspecified atom stereocenters. The van der Waals surface area contributed by atoms with E-state index in [0.717, 1.165) is 11.3 Å². The number of benzene rings is 2. The highest BCUT2D eigenvalue weighted by Gasteiger charge is 2.18. The zero-order chi connectivity index (χ0) is 25.8. The molecule has 1 aliphatic heterocycles. The summed E-state index contributed by atoms with van der Waals surface area (Å²) in [4.78, 5) is 37.7. The molecule has 0 saturated heterocycles. The van der Waals surface area contributed by atoms with E-state index in [4.69, 9.17) is 15.6 Å².